The highest BCUT2D eigenvalue weighted by Gasteiger charge is 2.31. The Bertz CT molecular complexity index is 901. The molecule has 0 aliphatic rings. The van der Waals surface area contributed by atoms with Crippen LogP contribution in [0.4, 0.5) is 5.69 Å². The molecule has 2 aromatic rings. The molecule has 2 aromatic carbocycles. The molecule has 152 valence electrons. The number of ether oxygens (including phenoxy) is 1. The van der Waals surface area contributed by atoms with E-state index in [4.69, 9.17) is 16.3 Å². The van der Waals surface area contributed by atoms with E-state index in [1.54, 1.807) is 43.3 Å². The van der Waals surface area contributed by atoms with Crippen molar-refractivity contribution in [3.05, 3.63) is 59.1 Å². The van der Waals surface area contributed by atoms with Crippen LogP contribution in [0.5, 0.6) is 5.75 Å². The van der Waals surface area contributed by atoms with E-state index >= 15 is 0 Å². The lowest BCUT2D eigenvalue weighted by Gasteiger charge is -2.30. The standard InChI is InChI=1S/C20H25ClN2O4S/c1-4-19(20(24)22-14-15-8-6-7-9-18(15)21)23(28(3,25)26)16-10-12-17(13-11-16)27-5-2/h6-13,19H,4-5,14H2,1-3H3,(H,22,24)/t19-/m1/s1. The maximum Gasteiger partial charge on any atom is 0.244 e. The number of rotatable bonds is 9. The van der Waals surface area contributed by atoms with Crippen LogP contribution in [0.1, 0.15) is 25.8 Å². The minimum Gasteiger partial charge on any atom is -0.494 e. The van der Waals surface area contributed by atoms with Gasteiger partial charge in [0.25, 0.3) is 0 Å². The topological polar surface area (TPSA) is 75.7 Å². The highest BCUT2D eigenvalue weighted by atomic mass is 35.5. The molecule has 0 saturated heterocycles. The summed E-state index contributed by atoms with van der Waals surface area (Å²) in [4.78, 5) is 12.8. The van der Waals surface area contributed by atoms with Gasteiger partial charge in [-0.2, -0.15) is 0 Å². The number of benzene rings is 2. The number of carbonyl (C=O) groups is 1. The molecule has 1 amide bonds. The Kier molecular flexibility index (Phi) is 7.71. The first kappa shape index (κ1) is 22.0. The fourth-order valence-corrected chi connectivity index (χ4v) is 4.27. The van der Waals surface area contributed by atoms with Gasteiger partial charge in [0.05, 0.1) is 18.6 Å². The van der Waals surface area contributed by atoms with Crippen LogP contribution in [0, 0.1) is 0 Å². The molecule has 28 heavy (non-hydrogen) atoms. The van der Waals surface area contributed by atoms with E-state index < -0.39 is 16.1 Å². The SMILES string of the molecule is CCOc1ccc(N([C@H](CC)C(=O)NCc2ccccc2Cl)S(C)(=O)=O)cc1. The van der Waals surface area contributed by atoms with Crippen molar-refractivity contribution in [2.24, 2.45) is 0 Å². The number of hydrogen-bond donors (Lipinski definition) is 1. The van der Waals surface area contributed by atoms with E-state index in [1.807, 2.05) is 19.1 Å². The van der Waals surface area contributed by atoms with Gasteiger partial charge >= 0.3 is 0 Å². The Labute approximate surface area is 171 Å². The molecule has 0 aromatic heterocycles. The second kappa shape index (κ2) is 9.80. The second-order valence-corrected chi connectivity index (χ2v) is 8.49. The van der Waals surface area contributed by atoms with Crippen LogP contribution in [0.3, 0.4) is 0 Å². The number of nitrogens with zero attached hydrogens (tertiary/aromatic N) is 1. The highest BCUT2D eigenvalue weighted by Crippen LogP contribution is 2.25. The van der Waals surface area contributed by atoms with Crippen LogP contribution in [0.15, 0.2) is 48.5 Å². The van der Waals surface area contributed by atoms with E-state index in [0.717, 1.165) is 16.1 Å². The lowest BCUT2D eigenvalue weighted by molar-refractivity contribution is -0.122. The summed E-state index contributed by atoms with van der Waals surface area (Å²) < 4.78 is 31.5. The van der Waals surface area contributed by atoms with Crippen molar-refractivity contribution in [1.29, 1.82) is 0 Å². The minimum absolute atomic E-state index is 0.218. The molecule has 0 aliphatic heterocycles. The van der Waals surface area contributed by atoms with Crippen molar-refractivity contribution in [3.63, 3.8) is 0 Å². The maximum atomic E-state index is 12.8. The van der Waals surface area contributed by atoms with E-state index in [9.17, 15) is 13.2 Å². The quantitative estimate of drug-likeness (QED) is 0.667. The molecule has 0 heterocycles. The number of amides is 1. The normalized spacial score (nSPS) is 12.3. The molecule has 0 radical (unpaired) electrons. The number of sulfonamides is 1. The van der Waals surface area contributed by atoms with Crippen molar-refractivity contribution >= 4 is 33.2 Å². The third-order valence-electron chi connectivity index (χ3n) is 4.14. The van der Waals surface area contributed by atoms with Gasteiger partial charge in [-0.25, -0.2) is 8.42 Å². The van der Waals surface area contributed by atoms with Gasteiger partial charge in [-0.05, 0) is 49.2 Å². The molecular weight excluding hydrogens is 400 g/mol. The molecule has 0 saturated carbocycles. The van der Waals surface area contributed by atoms with Crippen molar-refractivity contribution in [1.82, 2.24) is 5.32 Å². The molecule has 0 unspecified atom stereocenters. The van der Waals surface area contributed by atoms with Crippen LogP contribution in [-0.2, 0) is 21.4 Å². The summed E-state index contributed by atoms with van der Waals surface area (Å²) in [6, 6.07) is 12.9. The first-order valence-electron chi connectivity index (χ1n) is 9.01. The van der Waals surface area contributed by atoms with Gasteiger partial charge in [0, 0.05) is 11.6 Å². The summed E-state index contributed by atoms with van der Waals surface area (Å²) in [5, 5.41) is 3.33. The van der Waals surface area contributed by atoms with Gasteiger partial charge in [-0.3, -0.25) is 9.10 Å². The van der Waals surface area contributed by atoms with Crippen molar-refractivity contribution in [2.75, 3.05) is 17.2 Å². The van der Waals surface area contributed by atoms with Crippen LogP contribution >= 0.6 is 11.6 Å². The molecule has 0 bridgehead atoms. The maximum absolute atomic E-state index is 12.8. The lowest BCUT2D eigenvalue weighted by Crippen LogP contribution is -2.49. The Hall–Kier alpha value is -2.25. The van der Waals surface area contributed by atoms with Crippen LogP contribution in [0.2, 0.25) is 5.02 Å². The van der Waals surface area contributed by atoms with Crippen LogP contribution < -0.4 is 14.4 Å². The van der Waals surface area contributed by atoms with Gasteiger partial charge in [0.15, 0.2) is 0 Å². The number of nitrogens with one attached hydrogen (secondary N) is 1. The Morgan fingerprint density at radius 3 is 2.32 bits per heavy atom. The van der Waals surface area contributed by atoms with Crippen molar-refractivity contribution < 1.29 is 17.9 Å². The molecular formula is C20H25ClN2O4S. The average molecular weight is 425 g/mol. The molecule has 1 N–H and O–H groups in total. The smallest absolute Gasteiger partial charge is 0.244 e. The van der Waals surface area contributed by atoms with Gasteiger partial charge in [-0.1, -0.05) is 36.7 Å². The van der Waals surface area contributed by atoms with Gasteiger partial charge in [0.1, 0.15) is 11.8 Å². The summed E-state index contributed by atoms with van der Waals surface area (Å²) in [6.45, 7) is 4.37. The van der Waals surface area contributed by atoms with Crippen molar-refractivity contribution in [2.45, 2.75) is 32.9 Å². The largest absolute Gasteiger partial charge is 0.494 e. The summed E-state index contributed by atoms with van der Waals surface area (Å²) in [7, 11) is -3.68. The molecule has 0 fully saturated rings. The van der Waals surface area contributed by atoms with E-state index in [0.29, 0.717) is 29.5 Å². The Morgan fingerprint density at radius 2 is 1.79 bits per heavy atom. The minimum atomic E-state index is -3.68. The molecule has 6 nitrogen and oxygen atoms in total. The molecule has 8 heteroatoms. The van der Waals surface area contributed by atoms with Gasteiger partial charge < -0.3 is 10.1 Å². The zero-order chi connectivity index (χ0) is 20.7. The predicted molar refractivity (Wildman–Crippen MR) is 112 cm³/mol. The van der Waals surface area contributed by atoms with Crippen molar-refractivity contribution in [3.8, 4) is 5.75 Å². The first-order valence-corrected chi connectivity index (χ1v) is 11.2. The zero-order valence-electron chi connectivity index (χ0n) is 16.2. The number of hydrogen-bond acceptors (Lipinski definition) is 4. The highest BCUT2D eigenvalue weighted by molar-refractivity contribution is 7.92. The first-order chi connectivity index (χ1) is 13.3. The summed E-state index contributed by atoms with van der Waals surface area (Å²) in [5.74, 6) is 0.248. The monoisotopic (exact) mass is 424 g/mol. The van der Waals surface area contributed by atoms with Gasteiger partial charge in [-0.15, -0.1) is 0 Å². The number of halogens is 1. The van der Waals surface area contributed by atoms with E-state index in [1.165, 1.54) is 0 Å². The third kappa shape index (κ3) is 5.62. The fraction of sp³-hybridized carbons (Fsp3) is 0.350. The summed E-state index contributed by atoms with van der Waals surface area (Å²) in [6.07, 6.45) is 1.40. The van der Waals surface area contributed by atoms with Crippen LogP contribution in [0.25, 0.3) is 0 Å². The van der Waals surface area contributed by atoms with Crippen LogP contribution in [-0.4, -0.2) is 33.2 Å². The van der Waals surface area contributed by atoms with E-state index in [-0.39, 0.29) is 12.5 Å². The molecule has 0 spiro atoms. The fourth-order valence-electron chi connectivity index (χ4n) is 2.86. The Morgan fingerprint density at radius 1 is 1.14 bits per heavy atom. The van der Waals surface area contributed by atoms with E-state index in [2.05, 4.69) is 5.32 Å². The summed E-state index contributed by atoms with van der Waals surface area (Å²) >= 11 is 6.12. The third-order valence-corrected chi connectivity index (χ3v) is 5.69. The Balaban J connectivity index is 2.24. The molecule has 0 aliphatic carbocycles. The van der Waals surface area contributed by atoms with Gasteiger partial charge in [0.2, 0.25) is 15.9 Å². The number of anilines is 1. The summed E-state index contributed by atoms with van der Waals surface area (Å²) in [5.41, 5.74) is 1.17. The molecule has 2 rings (SSSR count). The lowest BCUT2D eigenvalue weighted by atomic mass is 10.1. The zero-order valence-corrected chi connectivity index (χ0v) is 17.8. The average Bonchev–Trinajstić information content (AvgIpc) is 2.65. The second-order valence-electron chi connectivity index (χ2n) is 6.22. The molecule has 1 atom stereocenters. The predicted octanol–water partition coefficient (Wildman–Crippen LogP) is 3.60. The number of carbonyl (C=O) groups excluding carboxylic acids is 1.